The van der Waals surface area contributed by atoms with Crippen LogP contribution in [-0.4, -0.2) is 37.1 Å². The zero-order valence-corrected chi connectivity index (χ0v) is 12.1. The van der Waals surface area contributed by atoms with Gasteiger partial charge in [-0.1, -0.05) is 19.1 Å². The number of likely N-dealkylation sites (tertiary alicyclic amines) is 1. The molecule has 2 fully saturated rings. The maximum absolute atomic E-state index is 3.96. The molecule has 2 aliphatic carbocycles. The topological polar surface area (TPSA) is 15.3 Å². The molecule has 1 saturated heterocycles. The van der Waals surface area contributed by atoms with Crippen molar-refractivity contribution in [3.8, 4) is 0 Å². The van der Waals surface area contributed by atoms with Gasteiger partial charge in [0.25, 0.3) is 0 Å². The van der Waals surface area contributed by atoms with E-state index in [1.807, 2.05) is 0 Å². The molecule has 0 radical (unpaired) electrons. The number of piperidine rings is 1. The number of hydrogen-bond donors (Lipinski definition) is 1. The van der Waals surface area contributed by atoms with Gasteiger partial charge in [-0.3, -0.25) is 0 Å². The van der Waals surface area contributed by atoms with E-state index in [-0.39, 0.29) is 0 Å². The monoisotopic (exact) mass is 248 g/mol. The van der Waals surface area contributed by atoms with Gasteiger partial charge in [0, 0.05) is 18.6 Å². The van der Waals surface area contributed by atoms with E-state index in [4.69, 9.17) is 0 Å². The first kappa shape index (κ1) is 12.7. The van der Waals surface area contributed by atoms with E-state index >= 15 is 0 Å². The molecule has 1 heterocycles. The Morgan fingerprint density at radius 3 is 2.72 bits per heavy atom. The fourth-order valence-corrected chi connectivity index (χ4v) is 4.46. The molecule has 1 N–H and O–H groups in total. The molecule has 6 atom stereocenters. The van der Waals surface area contributed by atoms with Crippen LogP contribution < -0.4 is 5.32 Å². The Morgan fingerprint density at radius 2 is 2.11 bits per heavy atom. The molecule has 0 spiro atoms. The molecule has 2 heteroatoms. The number of nitrogens with zero attached hydrogens (tertiary/aromatic N) is 1. The first-order valence-corrected chi connectivity index (χ1v) is 7.76. The third-order valence-electron chi connectivity index (χ3n) is 5.56. The minimum Gasteiger partial charge on any atom is -0.311 e. The third kappa shape index (κ3) is 2.37. The van der Waals surface area contributed by atoms with Crippen molar-refractivity contribution in [2.45, 2.75) is 45.2 Å². The van der Waals surface area contributed by atoms with Crippen molar-refractivity contribution in [1.29, 1.82) is 0 Å². The van der Waals surface area contributed by atoms with Crippen LogP contribution in [0.2, 0.25) is 0 Å². The predicted octanol–water partition coefficient (Wildman–Crippen LogP) is 2.52. The molecular formula is C16H28N2. The van der Waals surface area contributed by atoms with Crippen LogP contribution in [0.5, 0.6) is 0 Å². The fraction of sp³-hybridized carbons (Fsp3) is 0.875. The minimum absolute atomic E-state index is 0.695. The van der Waals surface area contributed by atoms with E-state index in [0.29, 0.717) is 6.04 Å². The summed E-state index contributed by atoms with van der Waals surface area (Å²) >= 11 is 0. The van der Waals surface area contributed by atoms with E-state index in [2.05, 4.69) is 43.3 Å². The lowest BCUT2D eigenvalue weighted by molar-refractivity contribution is 0.154. The van der Waals surface area contributed by atoms with Crippen LogP contribution in [0, 0.1) is 23.7 Å². The summed E-state index contributed by atoms with van der Waals surface area (Å²) in [6, 6.07) is 1.43. The van der Waals surface area contributed by atoms with Crippen LogP contribution in [0.15, 0.2) is 12.2 Å². The molecular weight excluding hydrogens is 220 g/mol. The van der Waals surface area contributed by atoms with Crippen molar-refractivity contribution in [3.63, 3.8) is 0 Å². The maximum Gasteiger partial charge on any atom is 0.0120 e. The van der Waals surface area contributed by atoms with E-state index in [0.717, 1.165) is 29.7 Å². The Hall–Kier alpha value is -0.340. The number of rotatable bonds is 3. The molecule has 1 saturated carbocycles. The minimum atomic E-state index is 0.695. The van der Waals surface area contributed by atoms with Gasteiger partial charge in [0.2, 0.25) is 0 Å². The van der Waals surface area contributed by atoms with Gasteiger partial charge in [-0.25, -0.2) is 0 Å². The number of hydrogen-bond acceptors (Lipinski definition) is 2. The molecule has 2 nitrogen and oxygen atoms in total. The molecule has 0 aromatic carbocycles. The largest absolute Gasteiger partial charge is 0.311 e. The van der Waals surface area contributed by atoms with Gasteiger partial charge in [0.1, 0.15) is 0 Å². The van der Waals surface area contributed by atoms with Gasteiger partial charge >= 0.3 is 0 Å². The molecule has 102 valence electrons. The van der Waals surface area contributed by atoms with Crippen molar-refractivity contribution in [2.75, 3.05) is 20.1 Å². The maximum atomic E-state index is 3.96. The van der Waals surface area contributed by atoms with Gasteiger partial charge in [-0.05, 0) is 63.5 Å². The lowest BCUT2D eigenvalue weighted by Gasteiger charge is -2.39. The van der Waals surface area contributed by atoms with Crippen LogP contribution in [0.3, 0.4) is 0 Å². The van der Waals surface area contributed by atoms with E-state index in [1.165, 1.54) is 32.4 Å². The van der Waals surface area contributed by atoms with E-state index in [1.54, 1.807) is 0 Å². The first-order valence-electron chi connectivity index (χ1n) is 7.76. The first-order chi connectivity index (χ1) is 8.63. The number of allylic oxidation sites excluding steroid dienone is 2. The highest BCUT2D eigenvalue weighted by Gasteiger charge is 2.39. The van der Waals surface area contributed by atoms with Gasteiger partial charge in [-0.15, -0.1) is 0 Å². The summed E-state index contributed by atoms with van der Waals surface area (Å²) in [7, 11) is 2.25. The second-order valence-electron chi connectivity index (χ2n) is 7.03. The summed E-state index contributed by atoms with van der Waals surface area (Å²) in [6.07, 6.45) is 9.11. The quantitative estimate of drug-likeness (QED) is 0.772. The normalized spacial score (nSPS) is 45.6. The zero-order chi connectivity index (χ0) is 12.7. The zero-order valence-electron chi connectivity index (χ0n) is 12.1. The highest BCUT2D eigenvalue weighted by molar-refractivity contribution is 5.11. The van der Waals surface area contributed by atoms with Crippen molar-refractivity contribution in [3.05, 3.63) is 12.2 Å². The number of fused-ring (bicyclic) bond motifs is 2. The van der Waals surface area contributed by atoms with E-state index in [9.17, 15) is 0 Å². The van der Waals surface area contributed by atoms with Crippen LogP contribution in [0.25, 0.3) is 0 Å². The standard InChI is InChI=1S/C16H28N2/c1-11-10-18(3)7-6-16(11)17-12(2)15-9-13-4-5-14(15)8-13/h4-5,11-17H,6-10H2,1-3H3. The summed E-state index contributed by atoms with van der Waals surface area (Å²) in [4.78, 5) is 2.47. The average Bonchev–Trinajstić information content (AvgIpc) is 2.94. The molecule has 6 unspecified atom stereocenters. The molecule has 2 bridgehead atoms. The van der Waals surface area contributed by atoms with Crippen LogP contribution in [-0.2, 0) is 0 Å². The Bertz CT molecular complexity index is 325. The second-order valence-corrected chi connectivity index (χ2v) is 7.03. The summed E-state index contributed by atoms with van der Waals surface area (Å²) < 4.78 is 0. The molecule has 18 heavy (non-hydrogen) atoms. The summed E-state index contributed by atoms with van der Waals surface area (Å²) in [5, 5.41) is 3.96. The smallest absolute Gasteiger partial charge is 0.0120 e. The van der Waals surface area contributed by atoms with Gasteiger partial charge in [0.05, 0.1) is 0 Å². The van der Waals surface area contributed by atoms with E-state index < -0.39 is 0 Å². The Balaban J connectivity index is 1.55. The molecule has 0 amide bonds. The fourth-order valence-electron chi connectivity index (χ4n) is 4.46. The second kappa shape index (κ2) is 4.97. The molecule has 1 aliphatic heterocycles. The average molecular weight is 248 g/mol. The molecule has 3 rings (SSSR count). The van der Waals surface area contributed by atoms with Crippen molar-refractivity contribution < 1.29 is 0 Å². The molecule has 0 aromatic rings. The Morgan fingerprint density at radius 1 is 1.28 bits per heavy atom. The van der Waals surface area contributed by atoms with Gasteiger partial charge < -0.3 is 10.2 Å². The van der Waals surface area contributed by atoms with Crippen LogP contribution in [0.1, 0.15) is 33.1 Å². The van der Waals surface area contributed by atoms with Gasteiger partial charge in [0.15, 0.2) is 0 Å². The van der Waals surface area contributed by atoms with Crippen molar-refractivity contribution in [1.82, 2.24) is 10.2 Å². The van der Waals surface area contributed by atoms with Crippen molar-refractivity contribution >= 4 is 0 Å². The number of nitrogens with one attached hydrogen (secondary N) is 1. The highest BCUT2D eigenvalue weighted by atomic mass is 15.1. The highest BCUT2D eigenvalue weighted by Crippen LogP contribution is 2.45. The summed E-state index contributed by atoms with van der Waals surface area (Å²) in [5.41, 5.74) is 0. The molecule has 0 aromatic heterocycles. The molecule has 3 aliphatic rings. The van der Waals surface area contributed by atoms with Crippen LogP contribution >= 0.6 is 0 Å². The predicted molar refractivity (Wildman–Crippen MR) is 76.5 cm³/mol. The van der Waals surface area contributed by atoms with Gasteiger partial charge in [-0.2, -0.15) is 0 Å². The van der Waals surface area contributed by atoms with Crippen LogP contribution in [0.4, 0.5) is 0 Å². The third-order valence-corrected chi connectivity index (χ3v) is 5.56. The lowest BCUT2D eigenvalue weighted by atomic mass is 9.85. The Kier molecular flexibility index (Phi) is 3.50. The summed E-state index contributed by atoms with van der Waals surface area (Å²) in [6.45, 7) is 7.33. The van der Waals surface area contributed by atoms with Crippen molar-refractivity contribution in [2.24, 2.45) is 23.7 Å². The summed E-state index contributed by atoms with van der Waals surface area (Å²) in [5.74, 6) is 3.46. The lowest BCUT2D eigenvalue weighted by Crippen LogP contribution is -2.51. The Labute approximate surface area is 112 Å². The SMILES string of the molecule is CC1CN(C)CCC1NC(C)C1CC2C=CC1C2.